The van der Waals surface area contributed by atoms with Gasteiger partial charge in [0.25, 0.3) is 0 Å². The van der Waals surface area contributed by atoms with Crippen LogP contribution in [0.3, 0.4) is 0 Å². The summed E-state index contributed by atoms with van der Waals surface area (Å²) in [5.41, 5.74) is 0.966. The number of nitriles is 1. The molecule has 7 heteroatoms. The van der Waals surface area contributed by atoms with Gasteiger partial charge in [-0.3, -0.25) is 9.36 Å². The second kappa shape index (κ2) is 7.47. The number of hydrogen-bond acceptors (Lipinski definition) is 4. The van der Waals surface area contributed by atoms with Crippen molar-refractivity contribution in [1.29, 1.82) is 5.26 Å². The standard InChI is InChI=1S/C16H14ClN3O3/c1-2-23-16(22)15-12(19-14(21)8-9-18)10-13(17)20(15)11-6-4-3-5-7-11/h3-7,10H,2,8H2,1H3,(H,19,21). The van der Waals surface area contributed by atoms with Crippen molar-refractivity contribution in [2.45, 2.75) is 13.3 Å². The van der Waals surface area contributed by atoms with Crippen molar-refractivity contribution < 1.29 is 14.3 Å². The maximum atomic E-state index is 12.3. The van der Waals surface area contributed by atoms with E-state index in [2.05, 4.69) is 5.32 Å². The Hall–Kier alpha value is -2.78. The van der Waals surface area contributed by atoms with Gasteiger partial charge in [0.05, 0.1) is 18.4 Å². The number of carbonyl (C=O) groups is 2. The molecule has 0 aliphatic rings. The molecule has 1 heterocycles. The Morgan fingerprint density at radius 3 is 2.65 bits per heavy atom. The van der Waals surface area contributed by atoms with E-state index in [0.717, 1.165) is 0 Å². The molecule has 6 nitrogen and oxygen atoms in total. The lowest BCUT2D eigenvalue weighted by molar-refractivity contribution is -0.115. The monoisotopic (exact) mass is 331 g/mol. The lowest BCUT2D eigenvalue weighted by Gasteiger charge is -2.11. The van der Waals surface area contributed by atoms with Crippen LogP contribution in [0.4, 0.5) is 5.69 Å². The molecule has 0 atom stereocenters. The first-order valence-corrected chi connectivity index (χ1v) is 7.26. The van der Waals surface area contributed by atoms with Crippen LogP contribution in [0.25, 0.3) is 5.69 Å². The molecule has 23 heavy (non-hydrogen) atoms. The predicted molar refractivity (Wildman–Crippen MR) is 85.6 cm³/mol. The van der Waals surface area contributed by atoms with E-state index in [1.165, 1.54) is 10.6 Å². The van der Waals surface area contributed by atoms with Crippen molar-refractivity contribution in [3.05, 3.63) is 47.2 Å². The Kier molecular flexibility index (Phi) is 5.39. The number of para-hydroxylation sites is 1. The van der Waals surface area contributed by atoms with Crippen molar-refractivity contribution in [1.82, 2.24) is 4.57 Å². The second-order valence-corrected chi connectivity index (χ2v) is 4.89. The second-order valence-electron chi connectivity index (χ2n) is 4.50. The average Bonchev–Trinajstić information content (AvgIpc) is 2.84. The first-order valence-electron chi connectivity index (χ1n) is 6.89. The van der Waals surface area contributed by atoms with E-state index in [9.17, 15) is 9.59 Å². The fraction of sp³-hybridized carbons (Fsp3) is 0.188. The molecule has 1 aromatic carbocycles. The van der Waals surface area contributed by atoms with Crippen LogP contribution in [0, 0.1) is 11.3 Å². The molecule has 0 aliphatic carbocycles. The number of rotatable bonds is 5. The summed E-state index contributed by atoms with van der Waals surface area (Å²) in [6.07, 6.45) is -0.323. The third kappa shape index (κ3) is 3.71. The summed E-state index contributed by atoms with van der Waals surface area (Å²) in [7, 11) is 0. The van der Waals surface area contributed by atoms with E-state index in [1.54, 1.807) is 37.3 Å². The topological polar surface area (TPSA) is 84.1 Å². The van der Waals surface area contributed by atoms with Crippen LogP contribution < -0.4 is 5.32 Å². The lowest BCUT2D eigenvalue weighted by Crippen LogP contribution is -2.17. The molecule has 118 valence electrons. The largest absolute Gasteiger partial charge is 0.461 e. The predicted octanol–water partition coefficient (Wildman–Crippen LogP) is 3.16. The maximum Gasteiger partial charge on any atom is 0.357 e. The Morgan fingerprint density at radius 2 is 2.04 bits per heavy atom. The molecule has 2 aromatic rings. The zero-order chi connectivity index (χ0) is 16.8. The number of carbonyl (C=O) groups excluding carboxylic acids is 2. The molecule has 1 N–H and O–H groups in total. The number of hydrogen-bond donors (Lipinski definition) is 1. The minimum atomic E-state index is -0.615. The molecule has 1 aromatic heterocycles. The number of halogens is 1. The molecule has 0 radical (unpaired) electrons. The Labute approximate surface area is 138 Å². The van der Waals surface area contributed by atoms with Crippen LogP contribution in [0.5, 0.6) is 0 Å². The molecule has 0 saturated carbocycles. The third-order valence-electron chi connectivity index (χ3n) is 2.95. The SMILES string of the molecule is CCOC(=O)c1c(NC(=O)CC#N)cc(Cl)n1-c1ccccc1. The molecule has 0 spiro atoms. The highest BCUT2D eigenvalue weighted by molar-refractivity contribution is 6.31. The van der Waals surface area contributed by atoms with Crippen LogP contribution in [0.1, 0.15) is 23.8 Å². The summed E-state index contributed by atoms with van der Waals surface area (Å²) in [6.45, 7) is 1.87. The maximum absolute atomic E-state index is 12.3. The van der Waals surface area contributed by atoms with Gasteiger partial charge in [-0.2, -0.15) is 5.26 Å². The van der Waals surface area contributed by atoms with Crippen molar-refractivity contribution in [3.63, 3.8) is 0 Å². The lowest BCUT2D eigenvalue weighted by atomic mass is 10.3. The van der Waals surface area contributed by atoms with Gasteiger partial charge in [0.2, 0.25) is 5.91 Å². The first-order chi connectivity index (χ1) is 11.1. The summed E-state index contributed by atoms with van der Waals surface area (Å²) in [4.78, 5) is 24.0. The summed E-state index contributed by atoms with van der Waals surface area (Å²) in [6, 6.07) is 12.2. The van der Waals surface area contributed by atoms with Crippen LogP contribution in [-0.2, 0) is 9.53 Å². The van der Waals surface area contributed by atoms with Crippen molar-refractivity contribution >= 4 is 29.2 Å². The van der Waals surface area contributed by atoms with Gasteiger partial charge >= 0.3 is 5.97 Å². The fourth-order valence-electron chi connectivity index (χ4n) is 2.07. The minimum Gasteiger partial charge on any atom is -0.461 e. The Bertz CT molecular complexity index is 763. The van der Waals surface area contributed by atoms with E-state index in [-0.39, 0.29) is 29.6 Å². The number of benzene rings is 1. The Balaban J connectivity index is 2.54. The molecule has 1 amide bonds. The fourth-order valence-corrected chi connectivity index (χ4v) is 2.36. The van der Waals surface area contributed by atoms with E-state index in [1.807, 2.05) is 6.07 Å². The summed E-state index contributed by atoms with van der Waals surface area (Å²) in [5.74, 6) is -1.14. The number of aromatic nitrogens is 1. The highest BCUT2D eigenvalue weighted by atomic mass is 35.5. The van der Waals surface area contributed by atoms with Crippen LogP contribution in [-0.4, -0.2) is 23.1 Å². The molecule has 0 bridgehead atoms. The molecular formula is C16H14ClN3O3. The molecular weight excluding hydrogens is 318 g/mol. The number of nitrogens with zero attached hydrogens (tertiary/aromatic N) is 2. The van der Waals surface area contributed by atoms with E-state index >= 15 is 0 Å². The minimum absolute atomic E-state index is 0.106. The number of amides is 1. The van der Waals surface area contributed by atoms with E-state index in [4.69, 9.17) is 21.6 Å². The molecule has 0 saturated heterocycles. The normalized spacial score (nSPS) is 9.96. The third-order valence-corrected chi connectivity index (χ3v) is 3.23. The molecule has 0 fully saturated rings. The molecule has 0 unspecified atom stereocenters. The van der Waals surface area contributed by atoms with Gasteiger partial charge in [-0.25, -0.2) is 4.79 Å². The highest BCUT2D eigenvalue weighted by Gasteiger charge is 2.24. The van der Waals surface area contributed by atoms with Crippen molar-refractivity contribution in [2.24, 2.45) is 0 Å². The van der Waals surface area contributed by atoms with Crippen molar-refractivity contribution in [3.8, 4) is 11.8 Å². The average molecular weight is 332 g/mol. The van der Waals surface area contributed by atoms with Gasteiger partial charge in [-0.1, -0.05) is 29.8 Å². The first kappa shape index (κ1) is 16.6. The van der Waals surface area contributed by atoms with E-state index in [0.29, 0.717) is 5.69 Å². The van der Waals surface area contributed by atoms with Gasteiger partial charge in [0.1, 0.15) is 11.6 Å². The molecule has 0 aliphatic heterocycles. The summed E-state index contributed by atoms with van der Waals surface area (Å²) in [5, 5.41) is 11.3. The zero-order valence-electron chi connectivity index (χ0n) is 12.4. The van der Waals surface area contributed by atoms with Gasteiger partial charge in [-0.15, -0.1) is 0 Å². The number of nitrogens with one attached hydrogen (secondary N) is 1. The zero-order valence-corrected chi connectivity index (χ0v) is 13.1. The van der Waals surface area contributed by atoms with Gasteiger partial charge < -0.3 is 10.1 Å². The van der Waals surface area contributed by atoms with Crippen molar-refractivity contribution in [2.75, 3.05) is 11.9 Å². The number of anilines is 1. The smallest absolute Gasteiger partial charge is 0.357 e. The van der Waals surface area contributed by atoms with Crippen LogP contribution in [0.2, 0.25) is 5.15 Å². The van der Waals surface area contributed by atoms with Gasteiger partial charge in [-0.05, 0) is 25.1 Å². The Morgan fingerprint density at radius 1 is 1.35 bits per heavy atom. The highest BCUT2D eigenvalue weighted by Crippen LogP contribution is 2.30. The van der Waals surface area contributed by atoms with Crippen LogP contribution in [0.15, 0.2) is 36.4 Å². The van der Waals surface area contributed by atoms with Crippen LogP contribution >= 0.6 is 11.6 Å². The van der Waals surface area contributed by atoms with Gasteiger partial charge in [0, 0.05) is 5.69 Å². The summed E-state index contributed by atoms with van der Waals surface area (Å²) < 4.78 is 6.54. The number of esters is 1. The number of ether oxygens (including phenoxy) is 1. The summed E-state index contributed by atoms with van der Waals surface area (Å²) >= 11 is 6.23. The van der Waals surface area contributed by atoms with E-state index < -0.39 is 11.9 Å². The quantitative estimate of drug-likeness (QED) is 0.853. The molecule has 2 rings (SSSR count). The van der Waals surface area contributed by atoms with Gasteiger partial charge in [0.15, 0.2) is 5.69 Å².